The third-order valence-corrected chi connectivity index (χ3v) is 11.2. The molecule has 0 spiro atoms. The van der Waals surface area contributed by atoms with Crippen LogP contribution in [0.1, 0.15) is 83.8 Å². The zero-order valence-electron chi connectivity index (χ0n) is 26.1. The van der Waals surface area contributed by atoms with E-state index in [1.54, 1.807) is 12.1 Å². The SMILES string of the molecule is CCC(C(=O)NC(C)(C)C)N(Cc1ccccc1Cl)C(=O)CN(c1ccc(C23CC4CC(CC(C4)C2)C3)cc1)S(C)(=O)=O. The van der Waals surface area contributed by atoms with Gasteiger partial charge in [-0.3, -0.25) is 13.9 Å². The van der Waals surface area contributed by atoms with Crippen LogP contribution < -0.4 is 9.62 Å². The molecule has 4 aliphatic carbocycles. The number of halogens is 1. The van der Waals surface area contributed by atoms with Crippen LogP contribution in [-0.4, -0.2) is 49.5 Å². The van der Waals surface area contributed by atoms with E-state index >= 15 is 0 Å². The van der Waals surface area contributed by atoms with Gasteiger partial charge in [0.05, 0.1) is 11.9 Å². The molecule has 4 saturated carbocycles. The van der Waals surface area contributed by atoms with Crippen LogP contribution in [0.15, 0.2) is 48.5 Å². The number of nitrogens with one attached hydrogen (secondary N) is 1. The fraction of sp³-hybridized carbons (Fsp3) is 0.588. The van der Waals surface area contributed by atoms with Gasteiger partial charge in [-0.05, 0) is 118 Å². The molecular formula is C34H46ClN3O4S. The molecule has 4 aliphatic rings. The van der Waals surface area contributed by atoms with E-state index < -0.39 is 34.1 Å². The Balaban J connectivity index is 1.42. The van der Waals surface area contributed by atoms with Gasteiger partial charge in [0.2, 0.25) is 21.8 Å². The highest BCUT2D eigenvalue weighted by molar-refractivity contribution is 7.92. The summed E-state index contributed by atoms with van der Waals surface area (Å²) < 4.78 is 27.4. The third kappa shape index (κ3) is 7.06. The summed E-state index contributed by atoms with van der Waals surface area (Å²) in [6.07, 6.45) is 9.22. The molecule has 43 heavy (non-hydrogen) atoms. The topological polar surface area (TPSA) is 86.8 Å². The Morgan fingerprint density at radius 3 is 2.02 bits per heavy atom. The molecule has 9 heteroatoms. The van der Waals surface area contributed by atoms with Gasteiger partial charge in [0, 0.05) is 17.1 Å². The Morgan fingerprint density at radius 2 is 1.53 bits per heavy atom. The van der Waals surface area contributed by atoms with Gasteiger partial charge in [-0.1, -0.05) is 48.9 Å². The monoisotopic (exact) mass is 627 g/mol. The minimum absolute atomic E-state index is 0.0805. The molecule has 0 heterocycles. The van der Waals surface area contributed by atoms with E-state index in [0.29, 0.717) is 22.7 Å². The lowest BCUT2D eigenvalue weighted by Crippen LogP contribution is -2.55. The molecule has 1 atom stereocenters. The Kier molecular flexibility index (Phi) is 8.94. The zero-order chi connectivity index (χ0) is 31.2. The highest BCUT2D eigenvalue weighted by Crippen LogP contribution is 2.60. The summed E-state index contributed by atoms with van der Waals surface area (Å²) in [5.74, 6) is 1.67. The number of anilines is 1. The highest BCUT2D eigenvalue weighted by Gasteiger charge is 2.51. The lowest BCUT2D eigenvalue weighted by atomic mass is 9.48. The molecule has 1 unspecified atom stereocenters. The average molecular weight is 628 g/mol. The first kappa shape index (κ1) is 31.8. The van der Waals surface area contributed by atoms with E-state index in [9.17, 15) is 18.0 Å². The predicted octanol–water partition coefficient (Wildman–Crippen LogP) is 6.30. The summed E-state index contributed by atoms with van der Waals surface area (Å²) in [5, 5.41) is 3.46. The van der Waals surface area contributed by atoms with Crippen LogP contribution in [-0.2, 0) is 31.6 Å². The van der Waals surface area contributed by atoms with E-state index in [0.717, 1.165) is 28.3 Å². The lowest BCUT2D eigenvalue weighted by molar-refractivity contribution is -0.141. The van der Waals surface area contributed by atoms with Gasteiger partial charge in [0.1, 0.15) is 12.6 Å². The summed E-state index contributed by atoms with van der Waals surface area (Å²) in [5.41, 5.74) is 2.13. The number of amides is 2. The Bertz CT molecular complexity index is 1420. The van der Waals surface area contributed by atoms with Crippen molar-refractivity contribution in [2.24, 2.45) is 17.8 Å². The second-order valence-corrected chi connectivity index (χ2v) is 16.6. The first-order valence-electron chi connectivity index (χ1n) is 15.6. The second kappa shape index (κ2) is 12.1. The molecule has 2 amide bonds. The van der Waals surface area contributed by atoms with Crippen LogP contribution in [0.25, 0.3) is 0 Å². The van der Waals surface area contributed by atoms with Gasteiger partial charge in [-0.25, -0.2) is 8.42 Å². The maximum absolute atomic E-state index is 14.1. The molecular weight excluding hydrogens is 582 g/mol. The van der Waals surface area contributed by atoms with Crippen molar-refractivity contribution in [3.8, 4) is 0 Å². The van der Waals surface area contributed by atoms with Crippen LogP contribution in [0.4, 0.5) is 5.69 Å². The number of rotatable bonds is 10. The fourth-order valence-corrected chi connectivity index (χ4v) is 9.29. The van der Waals surface area contributed by atoms with E-state index in [4.69, 9.17) is 11.6 Å². The molecule has 1 N–H and O–H groups in total. The maximum Gasteiger partial charge on any atom is 0.244 e. The highest BCUT2D eigenvalue weighted by atomic mass is 35.5. The van der Waals surface area contributed by atoms with E-state index in [1.807, 2.05) is 52.0 Å². The minimum atomic E-state index is -3.81. The molecule has 6 rings (SSSR count). The summed E-state index contributed by atoms with van der Waals surface area (Å²) >= 11 is 6.46. The first-order chi connectivity index (χ1) is 20.2. The Hall–Kier alpha value is -2.58. The summed E-state index contributed by atoms with van der Waals surface area (Å²) in [6.45, 7) is 7.16. The van der Waals surface area contributed by atoms with Crippen molar-refractivity contribution in [2.45, 2.75) is 96.2 Å². The van der Waals surface area contributed by atoms with Gasteiger partial charge in [0.25, 0.3) is 0 Å². The van der Waals surface area contributed by atoms with Gasteiger partial charge in [-0.2, -0.15) is 0 Å². The summed E-state index contributed by atoms with van der Waals surface area (Å²) in [4.78, 5) is 28.9. The van der Waals surface area contributed by atoms with Crippen LogP contribution in [0.2, 0.25) is 5.02 Å². The molecule has 234 valence electrons. The number of carbonyl (C=O) groups excluding carboxylic acids is 2. The van der Waals surface area contributed by atoms with Crippen molar-refractivity contribution in [1.82, 2.24) is 10.2 Å². The number of benzene rings is 2. The predicted molar refractivity (Wildman–Crippen MR) is 172 cm³/mol. The third-order valence-electron chi connectivity index (χ3n) is 9.67. The van der Waals surface area contributed by atoms with Crippen LogP contribution in [0.3, 0.4) is 0 Å². The molecule has 0 saturated heterocycles. The number of carbonyl (C=O) groups is 2. The normalized spacial score (nSPS) is 25.3. The molecule has 4 fully saturated rings. The van der Waals surface area contributed by atoms with Gasteiger partial charge < -0.3 is 10.2 Å². The molecule has 0 aromatic heterocycles. The average Bonchev–Trinajstić information content (AvgIpc) is 2.90. The molecule has 2 aromatic rings. The number of nitrogens with zero attached hydrogens (tertiary/aromatic N) is 2. The minimum Gasteiger partial charge on any atom is -0.350 e. The van der Waals surface area contributed by atoms with Gasteiger partial charge >= 0.3 is 0 Å². The van der Waals surface area contributed by atoms with Crippen molar-refractivity contribution in [1.29, 1.82) is 0 Å². The van der Waals surface area contributed by atoms with Crippen molar-refractivity contribution in [3.63, 3.8) is 0 Å². The van der Waals surface area contributed by atoms with E-state index in [-0.39, 0.29) is 17.9 Å². The van der Waals surface area contributed by atoms with Gasteiger partial charge in [-0.15, -0.1) is 0 Å². The summed E-state index contributed by atoms with van der Waals surface area (Å²) in [7, 11) is -3.81. The van der Waals surface area contributed by atoms with Crippen LogP contribution in [0, 0.1) is 17.8 Å². The van der Waals surface area contributed by atoms with Gasteiger partial charge in [0.15, 0.2) is 0 Å². The second-order valence-electron chi connectivity index (χ2n) is 14.3. The first-order valence-corrected chi connectivity index (χ1v) is 17.8. The number of hydrogen-bond acceptors (Lipinski definition) is 4. The smallest absolute Gasteiger partial charge is 0.244 e. The molecule has 4 bridgehead atoms. The van der Waals surface area contributed by atoms with Crippen molar-refractivity contribution >= 4 is 39.1 Å². The molecule has 7 nitrogen and oxygen atoms in total. The lowest BCUT2D eigenvalue weighted by Gasteiger charge is -2.57. The molecule has 0 aliphatic heterocycles. The van der Waals surface area contributed by atoms with E-state index in [2.05, 4.69) is 17.4 Å². The quantitative estimate of drug-likeness (QED) is 0.335. The molecule has 2 aromatic carbocycles. The van der Waals surface area contributed by atoms with Crippen LogP contribution >= 0.6 is 11.6 Å². The van der Waals surface area contributed by atoms with Crippen LogP contribution in [0.5, 0.6) is 0 Å². The summed E-state index contributed by atoms with van der Waals surface area (Å²) in [6, 6.07) is 14.3. The largest absolute Gasteiger partial charge is 0.350 e. The standard InChI is InChI=1S/C34H46ClN3O4S/c1-6-30(32(40)36-33(2,3)4)37(21-26-9-7-8-10-29(26)35)31(39)22-38(43(5,41)42)28-13-11-27(12-14-28)34-18-23-15-24(19-34)17-25(16-23)20-34/h7-14,23-25,30H,6,15-22H2,1-5H3,(H,36,40). The molecule has 0 radical (unpaired) electrons. The Labute approximate surface area is 262 Å². The van der Waals surface area contributed by atoms with E-state index in [1.165, 1.54) is 49.0 Å². The number of sulfonamides is 1. The maximum atomic E-state index is 14.1. The van der Waals surface area contributed by atoms with Crippen molar-refractivity contribution in [3.05, 3.63) is 64.7 Å². The Morgan fingerprint density at radius 1 is 0.977 bits per heavy atom. The zero-order valence-corrected chi connectivity index (χ0v) is 27.7. The van der Waals surface area contributed by atoms with Crippen molar-refractivity contribution < 1.29 is 18.0 Å². The van der Waals surface area contributed by atoms with Crippen molar-refractivity contribution in [2.75, 3.05) is 17.1 Å². The fourth-order valence-electron chi connectivity index (χ4n) is 8.24. The number of hydrogen-bond donors (Lipinski definition) is 1.